The molecule has 0 saturated heterocycles. The number of furan rings is 1. The second-order valence-electron chi connectivity index (χ2n) is 6.29. The maximum Gasteiger partial charge on any atom is 0.270 e. The molecule has 0 radical (unpaired) electrons. The van der Waals surface area contributed by atoms with Crippen molar-refractivity contribution in [1.82, 2.24) is 10.6 Å². The van der Waals surface area contributed by atoms with E-state index in [4.69, 9.17) is 9.15 Å². The van der Waals surface area contributed by atoms with Gasteiger partial charge in [0.2, 0.25) is 0 Å². The molecule has 9 heteroatoms. The second-order valence-corrected chi connectivity index (χ2v) is 6.29. The number of amides is 2. The van der Waals surface area contributed by atoms with Gasteiger partial charge in [0.1, 0.15) is 11.5 Å². The molecule has 3 aromatic rings. The molecule has 2 aromatic carbocycles. The van der Waals surface area contributed by atoms with Gasteiger partial charge in [-0.25, -0.2) is 0 Å². The Morgan fingerprint density at radius 3 is 2.53 bits per heavy atom. The molecule has 0 bridgehead atoms. The predicted octanol–water partition coefficient (Wildman–Crippen LogP) is 3.06. The van der Waals surface area contributed by atoms with Gasteiger partial charge in [0.05, 0.1) is 30.4 Å². The highest BCUT2D eigenvalue weighted by Gasteiger charge is 2.17. The maximum absolute atomic E-state index is 12.5. The Labute approximate surface area is 171 Å². The highest BCUT2D eigenvalue weighted by atomic mass is 16.6. The van der Waals surface area contributed by atoms with Gasteiger partial charge >= 0.3 is 0 Å². The van der Waals surface area contributed by atoms with E-state index in [1.807, 2.05) is 0 Å². The van der Waals surface area contributed by atoms with Gasteiger partial charge in [0.25, 0.3) is 17.5 Å². The molecule has 9 nitrogen and oxygen atoms in total. The van der Waals surface area contributed by atoms with Crippen LogP contribution in [0.25, 0.3) is 0 Å². The molecule has 0 unspecified atom stereocenters. The molecule has 2 amide bonds. The minimum absolute atomic E-state index is 0.0547. The largest absolute Gasteiger partial charge is 0.496 e. The van der Waals surface area contributed by atoms with Gasteiger partial charge in [-0.05, 0) is 35.9 Å². The number of carbonyl (C=O) groups excluding carboxylic acids is 2. The number of non-ortho nitro benzene ring substituents is 1. The molecule has 0 aliphatic carbocycles. The van der Waals surface area contributed by atoms with E-state index in [1.165, 1.54) is 25.5 Å². The van der Waals surface area contributed by atoms with Crippen LogP contribution in [-0.2, 0) is 13.1 Å². The number of carbonyl (C=O) groups is 2. The first-order valence-corrected chi connectivity index (χ1v) is 8.98. The first kappa shape index (κ1) is 20.6. The smallest absolute Gasteiger partial charge is 0.270 e. The van der Waals surface area contributed by atoms with E-state index in [-0.39, 0.29) is 36.0 Å². The summed E-state index contributed by atoms with van der Waals surface area (Å²) in [5.41, 5.74) is 0.967. The third-order valence-corrected chi connectivity index (χ3v) is 4.28. The predicted molar refractivity (Wildman–Crippen MR) is 107 cm³/mol. The summed E-state index contributed by atoms with van der Waals surface area (Å²) in [5.74, 6) is 0.0602. The van der Waals surface area contributed by atoms with Crippen LogP contribution in [0.5, 0.6) is 5.75 Å². The molecular formula is C21H19N3O6. The number of ether oxygens (including phenoxy) is 1. The van der Waals surface area contributed by atoms with Gasteiger partial charge in [0, 0.05) is 24.2 Å². The summed E-state index contributed by atoms with van der Waals surface area (Å²) >= 11 is 0. The highest BCUT2D eigenvalue weighted by molar-refractivity contribution is 5.97. The van der Waals surface area contributed by atoms with E-state index < -0.39 is 10.8 Å². The van der Waals surface area contributed by atoms with Crippen molar-refractivity contribution in [2.75, 3.05) is 7.11 Å². The number of methoxy groups -OCH3 is 1. The van der Waals surface area contributed by atoms with E-state index in [9.17, 15) is 19.7 Å². The third kappa shape index (κ3) is 5.02. The van der Waals surface area contributed by atoms with Crippen LogP contribution in [0, 0.1) is 10.1 Å². The number of nitrogens with one attached hydrogen (secondary N) is 2. The van der Waals surface area contributed by atoms with Crippen molar-refractivity contribution in [2.45, 2.75) is 13.1 Å². The van der Waals surface area contributed by atoms with Gasteiger partial charge in [-0.1, -0.05) is 12.1 Å². The van der Waals surface area contributed by atoms with Gasteiger partial charge in [-0.3, -0.25) is 19.7 Å². The monoisotopic (exact) mass is 409 g/mol. The maximum atomic E-state index is 12.5. The van der Waals surface area contributed by atoms with Crippen LogP contribution in [-0.4, -0.2) is 23.8 Å². The number of hydrogen-bond donors (Lipinski definition) is 2. The normalized spacial score (nSPS) is 10.3. The molecule has 3 rings (SSSR count). The summed E-state index contributed by atoms with van der Waals surface area (Å²) in [4.78, 5) is 35.2. The molecule has 1 aromatic heterocycles. The molecule has 2 N–H and O–H groups in total. The molecule has 0 aliphatic rings. The number of nitro groups is 1. The Morgan fingerprint density at radius 1 is 1.03 bits per heavy atom. The molecule has 0 fully saturated rings. The number of nitro benzene ring substituents is 1. The number of benzene rings is 2. The summed E-state index contributed by atoms with van der Waals surface area (Å²) in [6, 6.07) is 14.1. The summed E-state index contributed by atoms with van der Waals surface area (Å²) in [6.45, 7) is 0.392. The van der Waals surface area contributed by atoms with E-state index in [0.29, 0.717) is 16.9 Å². The average molecular weight is 409 g/mol. The van der Waals surface area contributed by atoms with E-state index >= 15 is 0 Å². The van der Waals surface area contributed by atoms with Crippen molar-refractivity contribution in [3.8, 4) is 5.75 Å². The fourth-order valence-corrected chi connectivity index (χ4v) is 2.77. The molecule has 0 aliphatic heterocycles. The lowest BCUT2D eigenvalue weighted by molar-refractivity contribution is -0.384. The van der Waals surface area contributed by atoms with Crippen molar-refractivity contribution in [1.29, 1.82) is 0 Å². The summed E-state index contributed by atoms with van der Waals surface area (Å²) in [6.07, 6.45) is 1.53. The van der Waals surface area contributed by atoms with Gasteiger partial charge < -0.3 is 19.8 Å². The highest BCUT2D eigenvalue weighted by Crippen LogP contribution is 2.24. The Balaban J connectivity index is 1.65. The Hall–Kier alpha value is -4.14. The van der Waals surface area contributed by atoms with Crippen molar-refractivity contribution < 1.29 is 23.7 Å². The zero-order chi connectivity index (χ0) is 21.5. The molecule has 0 spiro atoms. The van der Waals surface area contributed by atoms with Crippen molar-refractivity contribution >= 4 is 17.5 Å². The van der Waals surface area contributed by atoms with Crippen LogP contribution in [0.3, 0.4) is 0 Å². The molecule has 154 valence electrons. The zero-order valence-electron chi connectivity index (χ0n) is 16.1. The molecule has 1 heterocycles. The lowest BCUT2D eigenvalue weighted by Gasteiger charge is -2.10. The fraction of sp³-hybridized carbons (Fsp3) is 0.143. The van der Waals surface area contributed by atoms with Crippen molar-refractivity contribution in [3.63, 3.8) is 0 Å². The third-order valence-electron chi connectivity index (χ3n) is 4.28. The Morgan fingerprint density at radius 2 is 1.83 bits per heavy atom. The number of nitrogens with zero attached hydrogens (tertiary/aromatic N) is 1. The molecule has 0 atom stereocenters. The summed E-state index contributed by atoms with van der Waals surface area (Å²) in [7, 11) is 1.38. The van der Waals surface area contributed by atoms with Gasteiger partial charge in [-0.2, -0.15) is 0 Å². The first-order chi connectivity index (χ1) is 14.5. The minimum atomic E-state index is -0.582. The van der Waals surface area contributed by atoms with Crippen molar-refractivity contribution in [2.24, 2.45) is 0 Å². The molecular weight excluding hydrogens is 390 g/mol. The van der Waals surface area contributed by atoms with Crippen LogP contribution in [0.2, 0.25) is 0 Å². The SMILES string of the molecule is COc1ccc([N+](=O)[O-])cc1C(=O)NCc1cccc(C(=O)NCc2ccco2)c1. The Bertz CT molecular complexity index is 1060. The Kier molecular flexibility index (Phi) is 6.43. The number of hydrogen-bond acceptors (Lipinski definition) is 6. The first-order valence-electron chi connectivity index (χ1n) is 8.98. The van der Waals surface area contributed by atoms with Crippen LogP contribution in [0.4, 0.5) is 5.69 Å². The molecule has 0 saturated carbocycles. The van der Waals surface area contributed by atoms with E-state index in [1.54, 1.807) is 36.4 Å². The summed E-state index contributed by atoms with van der Waals surface area (Å²) in [5, 5.41) is 16.4. The van der Waals surface area contributed by atoms with Crippen LogP contribution >= 0.6 is 0 Å². The van der Waals surface area contributed by atoms with Crippen molar-refractivity contribution in [3.05, 3.63) is 93.4 Å². The van der Waals surface area contributed by atoms with E-state index in [2.05, 4.69) is 10.6 Å². The molecule has 30 heavy (non-hydrogen) atoms. The zero-order valence-corrected chi connectivity index (χ0v) is 16.1. The quantitative estimate of drug-likeness (QED) is 0.435. The fourth-order valence-electron chi connectivity index (χ4n) is 2.77. The van der Waals surface area contributed by atoms with E-state index in [0.717, 1.165) is 6.07 Å². The minimum Gasteiger partial charge on any atom is -0.496 e. The lowest BCUT2D eigenvalue weighted by atomic mass is 10.1. The average Bonchev–Trinajstić information content (AvgIpc) is 3.29. The van der Waals surface area contributed by atoms with Gasteiger partial charge in [0.15, 0.2) is 0 Å². The second kappa shape index (κ2) is 9.37. The van der Waals surface area contributed by atoms with Crippen LogP contribution in [0.15, 0.2) is 65.3 Å². The topological polar surface area (TPSA) is 124 Å². The van der Waals surface area contributed by atoms with Crippen LogP contribution in [0.1, 0.15) is 32.0 Å². The number of rotatable bonds is 8. The lowest BCUT2D eigenvalue weighted by Crippen LogP contribution is -2.25. The van der Waals surface area contributed by atoms with Crippen LogP contribution < -0.4 is 15.4 Å². The van der Waals surface area contributed by atoms with Gasteiger partial charge in [-0.15, -0.1) is 0 Å². The summed E-state index contributed by atoms with van der Waals surface area (Å²) < 4.78 is 10.3. The standard InChI is InChI=1S/C21H19N3O6/c1-29-19-8-7-16(24(27)28)11-18(19)21(26)22-12-14-4-2-5-15(10-14)20(25)23-13-17-6-3-9-30-17/h2-11H,12-13H2,1H3,(H,22,26)(H,23,25).